The van der Waals surface area contributed by atoms with Gasteiger partial charge in [-0.15, -0.1) is 0 Å². The van der Waals surface area contributed by atoms with Crippen LogP contribution in [0.25, 0.3) is 32.9 Å². The van der Waals surface area contributed by atoms with Crippen molar-refractivity contribution in [1.29, 1.82) is 0 Å². The predicted molar refractivity (Wildman–Crippen MR) is 139 cm³/mol. The van der Waals surface area contributed by atoms with Gasteiger partial charge in [-0.1, -0.05) is 71.8 Å². The highest BCUT2D eigenvalue weighted by Gasteiger charge is 2.14. The number of carbonyl (C=O) groups is 1. The van der Waals surface area contributed by atoms with Gasteiger partial charge in [0.1, 0.15) is 11.7 Å². The lowest BCUT2D eigenvalue weighted by Gasteiger charge is -2.10. The molecule has 0 spiro atoms. The largest absolute Gasteiger partial charge is 0.275 e. The van der Waals surface area contributed by atoms with Crippen molar-refractivity contribution in [1.82, 2.24) is 20.2 Å². The fraction of sp³-hybridized carbons (Fsp3) is 0.0741. The molecule has 2 aromatic heterocycles. The number of carbonyl (C=O) groups excluding carboxylic acids is 1. The summed E-state index contributed by atoms with van der Waals surface area (Å²) in [5.74, 6) is -0.495. The number of halogens is 1. The maximum atomic E-state index is 13.0. The molecule has 0 fully saturated rings. The molecule has 3 aromatic carbocycles. The van der Waals surface area contributed by atoms with E-state index in [9.17, 15) is 9.59 Å². The summed E-state index contributed by atoms with van der Waals surface area (Å²) in [6.07, 6.45) is 1.43. The van der Waals surface area contributed by atoms with Crippen molar-refractivity contribution in [2.75, 3.05) is 0 Å². The molecule has 0 atom stereocenters. The molecular formula is C27H20ClN5O2. The zero-order valence-electron chi connectivity index (χ0n) is 18.8. The molecule has 0 aliphatic heterocycles. The zero-order valence-corrected chi connectivity index (χ0v) is 19.5. The number of rotatable bonds is 5. The predicted octanol–water partition coefficient (Wildman–Crippen LogP) is 4.72. The minimum absolute atomic E-state index is 0.277. The van der Waals surface area contributed by atoms with E-state index in [-0.39, 0.29) is 17.3 Å². The third-order valence-electron chi connectivity index (χ3n) is 5.55. The van der Waals surface area contributed by atoms with E-state index in [0.717, 1.165) is 32.1 Å². The Kier molecular flexibility index (Phi) is 6.08. The van der Waals surface area contributed by atoms with Crippen LogP contribution in [0.3, 0.4) is 0 Å². The number of aryl methyl sites for hydroxylation is 1. The lowest BCUT2D eigenvalue weighted by molar-refractivity contribution is -0.121. The third kappa shape index (κ3) is 4.67. The van der Waals surface area contributed by atoms with Gasteiger partial charge in [0.25, 0.3) is 11.5 Å². The van der Waals surface area contributed by atoms with Crippen molar-refractivity contribution < 1.29 is 4.79 Å². The van der Waals surface area contributed by atoms with E-state index < -0.39 is 5.91 Å². The molecule has 0 saturated carbocycles. The Balaban J connectivity index is 1.40. The van der Waals surface area contributed by atoms with Crippen LogP contribution in [0.4, 0.5) is 0 Å². The number of hydrazone groups is 1. The van der Waals surface area contributed by atoms with Gasteiger partial charge in [0.05, 0.1) is 22.8 Å². The topological polar surface area (TPSA) is 89.2 Å². The number of aromatic nitrogens is 3. The molecule has 1 N–H and O–H groups in total. The first-order valence-electron chi connectivity index (χ1n) is 10.9. The summed E-state index contributed by atoms with van der Waals surface area (Å²) in [5, 5.41) is 10.9. The Morgan fingerprint density at radius 1 is 1.03 bits per heavy atom. The molecule has 0 aliphatic rings. The van der Waals surface area contributed by atoms with Gasteiger partial charge in [-0.3, -0.25) is 9.59 Å². The van der Waals surface area contributed by atoms with Gasteiger partial charge in [-0.2, -0.15) is 10.2 Å². The van der Waals surface area contributed by atoms with E-state index in [1.54, 1.807) is 12.1 Å². The fourth-order valence-electron chi connectivity index (χ4n) is 3.88. The highest BCUT2D eigenvalue weighted by molar-refractivity contribution is 6.32. The van der Waals surface area contributed by atoms with Crippen LogP contribution in [0.15, 0.2) is 88.8 Å². The summed E-state index contributed by atoms with van der Waals surface area (Å²) >= 11 is 6.27. The zero-order chi connectivity index (χ0) is 24.4. The summed E-state index contributed by atoms with van der Waals surface area (Å²) in [6, 6.07) is 24.5. The van der Waals surface area contributed by atoms with Gasteiger partial charge in [0.15, 0.2) is 0 Å². The first-order valence-corrected chi connectivity index (χ1v) is 11.3. The molecule has 2 heterocycles. The lowest BCUT2D eigenvalue weighted by atomic mass is 10.1. The van der Waals surface area contributed by atoms with E-state index in [2.05, 4.69) is 20.6 Å². The molecule has 0 aliphatic carbocycles. The number of hydrogen-bond acceptors (Lipinski definition) is 5. The molecule has 1 amide bonds. The van der Waals surface area contributed by atoms with E-state index in [4.69, 9.17) is 11.6 Å². The first kappa shape index (κ1) is 22.4. The molecule has 0 saturated heterocycles. The Bertz CT molecular complexity index is 1660. The average molecular weight is 482 g/mol. The normalized spacial score (nSPS) is 11.4. The average Bonchev–Trinajstić information content (AvgIpc) is 2.87. The Morgan fingerprint density at radius 3 is 2.57 bits per heavy atom. The maximum Gasteiger partial charge on any atom is 0.275 e. The number of pyridine rings is 1. The maximum absolute atomic E-state index is 13.0. The number of amides is 1. The minimum atomic E-state index is -0.495. The van der Waals surface area contributed by atoms with Gasteiger partial charge < -0.3 is 0 Å². The Morgan fingerprint density at radius 2 is 1.77 bits per heavy atom. The molecule has 0 radical (unpaired) electrons. The summed E-state index contributed by atoms with van der Waals surface area (Å²) in [7, 11) is 0. The molecule has 7 nitrogen and oxygen atoms in total. The van der Waals surface area contributed by atoms with Crippen LogP contribution in [0, 0.1) is 6.92 Å². The van der Waals surface area contributed by atoms with Crippen LogP contribution in [0.2, 0.25) is 5.15 Å². The minimum Gasteiger partial charge on any atom is -0.271 e. The number of benzene rings is 3. The summed E-state index contributed by atoms with van der Waals surface area (Å²) in [6.45, 7) is 1.71. The van der Waals surface area contributed by atoms with E-state index in [1.165, 1.54) is 6.21 Å². The quantitative estimate of drug-likeness (QED) is 0.223. The first-order chi connectivity index (χ1) is 17.0. The molecule has 35 heavy (non-hydrogen) atoms. The lowest BCUT2D eigenvalue weighted by Crippen LogP contribution is -2.32. The van der Waals surface area contributed by atoms with Gasteiger partial charge in [-0.25, -0.2) is 15.1 Å². The number of nitrogens with zero attached hydrogens (tertiary/aromatic N) is 4. The van der Waals surface area contributed by atoms with Gasteiger partial charge >= 0.3 is 0 Å². The smallest absolute Gasteiger partial charge is 0.271 e. The highest BCUT2D eigenvalue weighted by Crippen LogP contribution is 2.24. The van der Waals surface area contributed by atoms with Crippen LogP contribution >= 0.6 is 11.6 Å². The molecule has 5 aromatic rings. The van der Waals surface area contributed by atoms with Gasteiger partial charge in [0.2, 0.25) is 0 Å². The van der Waals surface area contributed by atoms with Crippen LogP contribution < -0.4 is 11.0 Å². The summed E-state index contributed by atoms with van der Waals surface area (Å²) in [5.41, 5.74) is 6.01. The Labute approximate surface area is 205 Å². The standard InChI is InChI=1S/C27H20ClN5O2/c1-17-11-12-23-19(13-17)14-20(26(28)30-23)15-29-31-24(34)16-33-27(35)22-10-6-5-9-21(22)25(32-33)18-7-3-2-4-8-18/h2-15H,16H2,1H3,(H,31,34)/b29-15+. The van der Waals surface area contributed by atoms with E-state index in [0.29, 0.717) is 16.6 Å². The summed E-state index contributed by atoms with van der Waals surface area (Å²) < 4.78 is 1.16. The van der Waals surface area contributed by atoms with Crippen LogP contribution in [-0.4, -0.2) is 26.9 Å². The molecule has 5 rings (SSSR count). The fourth-order valence-corrected chi connectivity index (χ4v) is 4.07. The van der Waals surface area contributed by atoms with Crippen molar-refractivity contribution >= 4 is 45.4 Å². The van der Waals surface area contributed by atoms with Crippen molar-refractivity contribution in [2.24, 2.45) is 5.10 Å². The molecule has 8 heteroatoms. The molecule has 0 unspecified atom stereocenters. The van der Waals surface area contributed by atoms with Crippen LogP contribution in [-0.2, 0) is 11.3 Å². The second-order valence-electron chi connectivity index (χ2n) is 8.08. The van der Waals surface area contributed by atoms with Crippen molar-refractivity contribution in [3.63, 3.8) is 0 Å². The number of nitrogens with one attached hydrogen (secondary N) is 1. The molecular weight excluding hydrogens is 462 g/mol. The highest BCUT2D eigenvalue weighted by atomic mass is 35.5. The monoisotopic (exact) mass is 481 g/mol. The Hall–Kier alpha value is -4.36. The second kappa shape index (κ2) is 9.48. The van der Waals surface area contributed by atoms with Crippen LogP contribution in [0.5, 0.6) is 0 Å². The van der Waals surface area contributed by atoms with Crippen molar-refractivity contribution in [3.05, 3.63) is 105 Å². The molecule has 172 valence electrons. The van der Waals surface area contributed by atoms with Crippen molar-refractivity contribution in [3.8, 4) is 11.3 Å². The summed E-state index contributed by atoms with van der Waals surface area (Å²) in [4.78, 5) is 30.0. The molecule has 0 bridgehead atoms. The van der Waals surface area contributed by atoms with Gasteiger partial charge in [0, 0.05) is 21.9 Å². The van der Waals surface area contributed by atoms with E-state index in [1.807, 2.05) is 73.7 Å². The van der Waals surface area contributed by atoms with E-state index >= 15 is 0 Å². The van der Waals surface area contributed by atoms with Crippen molar-refractivity contribution in [2.45, 2.75) is 13.5 Å². The van der Waals surface area contributed by atoms with Crippen LogP contribution in [0.1, 0.15) is 11.1 Å². The SMILES string of the molecule is Cc1ccc2nc(Cl)c(/C=N/NC(=O)Cn3nc(-c4ccccc4)c4ccccc4c3=O)cc2c1. The third-order valence-corrected chi connectivity index (χ3v) is 5.85. The second-order valence-corrected chi connectivity index (χ2v) is 8.44. The number of hydrogen-bond donors (Lipinski definition) is 1. The van der Waals surface area contributed by atoms with Gasteiger partial charge in [-0.05, 0) is 31.2 Å². The number of fused-ring (bicyclic) bond motifs is 2.